The molecule has 0 fully saturated rings. The Kier molecular flexibility index (Phi) is 4.29. The first-order valence-electron chi connectivity index (χ1n) is 5.44. The van der Waals surface area contributed by atoms with Crippen LogP contribution >= 0.6 is 0 Å². The fourth-order valence-electron chi connectivity index (χ4n) is 1.37. The van der Waals surface area contributed by atoms with E-state index in [4.69, 9.17) is 5.73 Å². The topological polar surface area (TPSA) is 90.0 Å². The maximum Gasteiger partial charge on any atom is 0.259 e. The average molecular weight is 260 g/mol. The SMILES string of the molecule is Cn1cnc(S(=O)(=O)NCC(C)(C)CCN)c1. The van der Waals surface area contributed by atoms with Crippen molar-refractivity contribution in [3.8, 4) is 0 Å². The van der Waals surface area contributed by atoms with E-state index >= 15 is 0 Å². The minimum absolute atomic E-state index is 0.0450. The Morgan fingerprint density at radius 3 is 2.65 bits per heavy atom. The molecule has 0 aliphatic heterocycles. The fourth-order valence-corrected chi connectivity index (χ4v) is 2.59. The molecule has 1 aromatic rings. The third-order valence-electron chi connectivity index (χ3n) is 2.52. The Bertz CT molecular complexity index is 464. The molecule has 0 saturated heterocycles. The standard InChI is InChI=1S/C10H20N4O2S/c1-10(2,4-5-11)7-13-17(15,16)9-6-14(3)8-12-9/h6,8,13H,4-5,7,11H2,1-3H3. The lowest BCUT2D eigenvalue weighted by Crippen LogP contribution is -2.35. The van der Waals surface area contributed by atoms with Crippen molar-refractivity contribution >= 4 is 10.0 Å². The van der Waals surface area contributed by atoms with Gasteiger partial charge < -0.3 is 10.3 Å². The molecule has 6 nitrogen and oxygen atoms in total. The van der Waals surface area contributed by atoms with Crippen LogP contribution in [0.3, 0.4) is 0 Å². The van der Waals surface area contributed by atoms with Gasteiger partial charge in [-0.05, 0) is 18.4 Å². The van der Waals surface area contributed by atoms with Gasteiger partial charge in [0.15, 0.2) is 5.03 Å². The van der Waals surface area contributed by atoms with Crippen LogP contribution in [0.15, 0.2) is 17.6 Å². The molecule has 0 atom stereocenters. The number of nitrogens with one attached hydrogen (secondary N) is 1. The highest BCUT2D eigenvalue weighted by Crippen LogP contribution is 2.18. The van der Waals surface area contributed by atoms with Crippen LogP contribution in [0.25, 0.3) is 0 Å². The molecule has 7 heteroatoms. The molecule has 0 radical (unpaired) electrons. The molecular formula is C10H20N4O2S. The summed E-state index contributed by atoms with van der Waals surface area (Å²) in [4.78, 5) is 3.82. The van der Waals surface area contributed by atoms with Crippen LogP contribution in [-0.2, 0) is 17.1 Å². The number of aryl methyl sites for hydroxylation is 1. The molecule has 0 amide bonds. The van der Waals surface area contributed by atoms with Crippen molar-refractivity contribution in [3.05, 3.63) is 12.5 Å². The average Bonchev–Trinajstić information content (AvgIpc) is 2.63. The number of rotatable bonds is 6. The van der Waals surface area contributed by atoms with Gasteiger partial charge in [-0.25, -0.2) is 18.1 Å². The van der Waals surface area contributed by atoms with Gasteiger partial charge in [0.2, 0.25) is 0 Å². The summed E-state index contributed by atoms with van der Waals surface area (Å²) in [6, 6.07) is 0. The first-order chi connectivity index (χ1) is 7.77. The number of hydrogen-bond donors (Lipinski definition) is 2. The zero-order valence-corrected chi connectivity index (χ0v) is 11.3. The first-order valence-corrected chi connectivity index (χ1v) is 6.93. The van der Waals surface area contributed by atoms with E-state index in [0.29, 0.717) is 13.1 Å². The predicted molar refractivity (Wildman–Crippen MR) is 65.8 cm³/mol. The summed E-state index contributed by atoms with van der Waals surface area (Å²) in [5.41, 5.74) is 5.32. The van der Waals surface area contributed by atoms with Crippen LogP contribution in [-0.4, -0.2) is 31.1 Å². The third kappa shape index (κ3) is 4.10. The van der Waals surface area contributed by atoms with Gasteiger partial charge in [-0.2, -0.15) is 0 Å². The molecule has 0 aliphatic rings. The zero-order chi connectivity index (χ0) is 13.1. The fraction of sp³-hybridized carbons (Fsp3) is 0.700. The Labute approximate surface area is 102 Å². The van der Waals surface area contributed by atoms with E-state index in [1.165, 1.54) is 12.5 Å². The monoisotopic (exact) mass is 260 g/mol. The first kappa shape index (κ1) is 14.1. The maximum absolute atomic E-state index is 11.9. The minimum Gasteiger partial charge on any atom is -0.339 e. The summed E-state index contributed by atoms with van der Waals surface area (Å²) in [6.45, 7) is 4.84. The lowest BCUT2D eigenvalue weighted by molar-refractivity contribution is 0.340. The second-order valence-corrected chi connectivity index (χ2v) is 6.62. The van der Waals surface area contributed by atoms with Crippen molar-refractivity contribution in [2.24, 2.45) is 18.2 Å². The summed E-state index contributed by atoms with van der Waals surface area (Å²) < 4.78 is 27.9. The smallest absolute Gasteiger partial charge is 0.259 e. The van der Waals surface area contributed by atoms with E-state index in [1.807, 2.05) is 13.8 Å². The van der Waals surface area contributed by atoms with Crippen LogP contribution in [0.2, 0.25) is 0 Å². The van der Waals surface area contributed by atoms with Crippen LogP contribution < -0.4 is 10.5 Å². The van der Waals surface area contributed by atoms with Gasteiger partial charge >= 0.3 is 0 Å². The van der Waals surface area contributed by atoms with Crippen molar-refractivity contribution < 1.29 is 8.42 Å². The molecule has 0 unspecified atom stereocenters. The van der Waals surface area contributed by atoms with E-state index in [9.17, 15) is 8.42 Å². The van der Waals surface area contributed by atoms with E-state index in [-0.39, 0.29) is 10.4 Å². The quantitative estimate of drug-likeness (QED) is 0.757. The highest BCUT2D eigenvalue weighted by Gasteiger charge is 2.22. The van der Waals surface area contributed by atoms with Crippen molar-refractivity contribution in [1.82, 2.24) is 14.3 Å². The second-order valence-electron chi connectivity index (χ2n) is 4.90. The van der Waals surface area contributed by atoms with Gasteiger partial charge in [0.05, 0.1) is 6.33 Å². The Morgan fingerprint density at radius 2 is 2.18 bits per heavy atom. The van der Waals surface area contributed by atoms with Gasteiger partial charge in [0, 0.05) is 19.8 Å². The van der Waals surface area contributed by atoms with Crippen molar-refractivity contribution in [3.63, 3.8) is 0 Å². The second kappa shape index (κ2) is 5.16. The maximum atomic E-state index is 11.9. The van der Waals surface area contributed by atoms with E-state index in [1.54, 1.807) is 11.6 Å². The summed E-state index contributed by atoms with van der Waals surface area (Å²) in [5, 5.41) is 0.0450. The molecule has 98 valence electrons. The lowest BCUT2D eigenvalue weighted by Gasteiger charge is -2.23. The van der Waals surface area contributed by atoms with Gasteiger partial charge in [-0.3, -0.25) is 0 Å². The highest BCUT2D eigenvalue weighted by atomic mass is 32.2. The molecule has 0 saturated carbocycles. The van der Waals surface area contributed by atoms with Crippen LogP contribution in [0.4, 0.5) is 0 Å². The van der Waals surface area contributed by atoms with E-state index < -0.39 is 10.0 Å². The number of sulfonamides is 1. The number of imidazole rings is 1. The van der Waals surface area contributed by atoms with Crippen LogP contribution in [0.1, 0.15) is 20.3 Å². The van der Waals surface area contributed by atoms with Crippen LogP contribution in [0, 0.1) is 5.41 Å². The molecule has 1 aromatic heterocycles. The number of nitrogens with two attached hydrogens (primary N) is 1. The van der Waals surface area contributed by atoms with Crippen molar-refractivity contribution in [2.45, 2.75) is 25.3 Å². The minimum atomic E-state index is -3.51. The molecule has 0 bridgehead atoms. The van der Waals surface area contributed by atoms with E-state index in [0.717, 1.165) is 6.42 Å². The van der Waals surface area contributed by atoms with Crippen LogP contribution in [0.5, 0.6) is 0 Å². The molecule has 0 aliphatic carbocycles. The van der Waals surface area contributed by atoms with Gasteiger partial charge in [-0.15, -0.1) is 0 Å². The summed E-state index contributed by atoms with van der Waals surface area (Å²) in [7, 11) is -1.79. The van der Waals surface area contributed by atoms with Crippen molar-refractivity contribution in [2.75, 3.05) is 13.1 Å². The Balaban J connectivity index is 2.69. The molecule has 0 spiro atoms. The molecule has 17 heavy (non-hydrogen) atoms. The van der Waals surface area contributed by atoms with Gasteiger partial charge in [0.1, 0.15) is 0 Å². The predicted octanol–water partition coefficient (Wildman–Crippen LogP) is 0.0734. The zero-order valence-electron chi connectivity index (χ0n) is 10.5. The molecule has 0 aromatic carbocycles. The highest BCUT2D eigenvalue weighted by molar-refractivity contribution is 7.89. The molecular weight excluding hydrogens is 240 g/mol. The number of hydrogen-bond acceptors (Lipinski definition) is 4. The number of aromatic nitrogens is 2. The third-order valence-corrected chi connectivity index (χ3v) is 3.80. The summed E-state index contributed by atoms with van der Waals surface area (Å²) in [5.74, 6) is 0. The molecule has 3 N–H and O–H groups in total. The lowest BCUT2D eigenvalue weighted by atomic mass is 9.90. The van der Waals surface area contributed by atoms with E-state index in [2.05, 4.69) is 9.71 Å². The largest absolute Gasteiger partial charge is 0.339 e. The Morgan fingerprint density at radius 1 is 1.53 bits per heavy atom. The van der Waals surface area contributed by atoms with Crippen molar-refractivity contribution in [1.29, 1.82) is 0 Å². The Hall–Kier alpha value is -0.920. The number of nitrogens with zero attached hydrogens (tertiary/aromatic N) is 2. The molecule has 1 heterocycles. The van der Waals surface area contributed by atoms with Gasteiger partial charge in [0.25, 0.3) is 10.0 Å². The summed E-state index contributed by atoms with van der Waals surface area (Å²) in [6.07, 6.45) is 3.69. The summed E-state index contributed by atoms with van der Waals surface area (Å²) >= 11 is 0. The molecule has 1 rings (SSSR count). The van der Waals surface area contributed by atoms with Gasteiger partial charge in [-0.1, -0.05) is 13.8 Å². The normalized spacial score (nSPS) is 12.9.